The number of carbonyl (C=O) groups is 2. The minimum Gasteiger partial charge on any atom is -0.481 e. The number of carboxylic acids is 1. The normalized spacial score (nSPS) is 27.7. The molecule has 7 heteroatoms. The number of hydrogen-bond acceptors (Lipinski definition) is 3. The lowest BCUT2D eigenvalue weighted by Gasteiger charge is -2.26. The van der Waals surface area contributed by atoms with Gasteiger partial charge < -0.3 is 10.4 Å². The zero-order chi connectivity index (χ0) is 17.5. The summed E-state index contributed by atoms with van der Waals surface area (Å²) < 4.78 is 13.8. The molecule has 0 aromatic heterocycles. The molecule has 1 saturated carbocycles. The summed E-state index contributed by atoms with van der Waals surface area (Å²) in [4.78, 5) is 26.1. The number of nitrogens with one attached hydrogen (secondary N) is 1. The van der Waals surface area contributed by atoms with E-state index in [1.807, 2.05) is 4.90 Å². The lowest BCUT2D eigenvalue weighted by Crippen LogP contribution is -2.43. The van der Waals surface area contributed by atoms with Gasteiger partial charge in [-0.25, -0.2) is 4.39 Å². The second kappa shape index (κ2) is 6.33. The van der Waals surface area contributed by atoms with Crippen LogP contribution in [0.25, 0.3) is 0 Å². The number of halogens is 2. The van der Waals surface area contributed by atoms with Crippen LogP contribution in [0.3, 0.4) is 0 Å². The summed E-state index contributed by atoms with van der Waals surface area (Å²) in [6.07, 6.45) is 2.44. The molecule has 1 unspecified atom stereocenters. The average molecular weight is 355 g/mol. The molecule has 1 aliphatic carbocycles. The molecule has 1 heterocycles. The smallest absolute Gasteiger partial charge is 0.311 e. The molecular weight excluding hydrogens is 335 g/mol. The van der Waals surface area contributed by atoms with Crippen molar-refractivity contribution in [3.63, 3.8) is 0 Å². The molecule has 1 aromatic rings. The quantitative estimate of drug-likeness (QED) is 0.872. The third-order valence-corrected chi connectivity index (χ3v) is 5.67. The summed E-state index contributed by atoms with van der Waals surface area (Å²) in [5, 5.41) is 12.5. The Morgan fingerprint density at radius 1 is 1.50 bits per heavy atom. The summed E-state index contributed by atoms with van der Waals surface area (Å²) in [5.41, 5.74) is -0.706. The molecule has 1 amide bonds. The Kier molecular flexibility index (Phi) is 4.53. The van der Waals surface area contributed by atoms with E-state index in [-0.39, 0.29) is 17.5 Å². The van der Waals surface area contributed by atoms with Crippen LogP contribution >= 0.6 is 11.6 Å². The van der Waals surface area contributed by atoms with Gasteiger partial charge in [-0.3, -0.25) is 14.5 Å². The van der Waals surface area contributed by atoms with Gasteiger partial charge in [-0.05, 0) is 43.9 Å². The molecule has 130 valence electrons. The van der Waals surface area contributed by atoms with Gasteiger partial charge >= 0.3 is 5.97 Å². The minimum absolute atomic E-state index is 0.0340. The highest BCUT2D eigenvalue weighted by Gasteiger charge is 2.55. The van der Waals surface area contributed by atoms with Crippen LogP contribution in [0.2, 0.25) is 5.02 Å². The van der Waals surface area contributed by atoms with E-state index in [9.17, 15) is 19.1 Å². The number of carboxylic acid groups (broad SMARTS) is 1. The Morgan fingerprint density at radius 2 is 2.25 bits per heavy atom. The number of nitrogens with zero attached hydrogens (tertiary/aromatic N) is 1. The molecular formula is C17H20ClFN2O3. The fourth-order valence-electron chi connectivity index (χ4n) is 3.97. The van der Waals surface area contributed by atoms with Crippen LogP contribution < -0.4 is 5.32 Å². The molecule has 2 N–H and O–H groups in total. The molecule has 0 radical (unpaired) electrons. The molecule has 2 fully saturated rings. The van der Waals surface area contributed by atoms with Crippen molar-refractivity contribution >= 4 is 29.2 Å². The van der Waals surface area contributed by atoms with Crippen molar-refractivity contribution in [1.82, 2.24) is 4.90 Å². The van der Waals surface area contributed by atoms with Crippen LogP contribution in [0, 0.1) is 17.2 Å². The predicted molar refractivity (Wildman–Crippen MR) is 88.5 cm³/mol. The fourth-order valence-corrected chi connectivity index (χ4v) is 4.14. The first-order valence-electron chi connectivity index (χ1n) is 8.07. The summed E-state index contributed by atoms with van der Waals surface area (Å²) in [6, 6.07) is 3.43. The van der Waals surface area contributed by atoms with Gasteiger partial charge in [0.05, 0.1) is 17.1 Å². The Morgan fingerprint density at radius 3 is 2.92 bits per heavy atom. The highest BCUT2D eigenvalue weighted by molar-refractivity contribution is 6.30. The number of rotatable bonds is 4. The minimum atomic E-state index is -0.777. The van der Waals surface area contributed by atoms with Crippen molar-refractivity contribution in [2.45, 2.75) is 32.2 Å². The van der Waals surface area contributed by atoms with Crippen LogP contribution in [0.5, 0.6) is 0 Å². The van der Waals surface area contributed by atoms with Gasteiger partial charge in [0.15, 0.2) is 0 Å². The first-order valence-corrected chi connectivity index (χ1v) is 8.44. The monoisotopic (exact) mass is 354 g/mol. The van der Waals surface area contributed by atoms with E-state index < -0.39 is 23.2 Å². The van der Waals surface area contributed by atoms with E-state index in [2.05, 4.69) is 5.32 Å². The number of aliphatic carboxylic acids is 1. The van der Waals surface area contributed by atoms with Gasteiger partial charge in [0.2, 0.25) is 5.91 Å². The van der Waals surface area contributed by atoms with Crippen molar-refractivity contribution in [1.29, 1.82) is 0 Å². The maximum atomic E-state index is 13.8. The topological polar surface area (TPSA) is 69.6 Å². The first-order chi connectivity index (χ1) is 11.3. The second-order valence-electron chi connectivity index (χ2n) is 6.77. The number of fused-ring (bicyclic) bond motifs is 1. The van der Waals surface area contributed by atoms with E-state index in [0.717, 1.165) is 12.8 Å². The van der Waals surface area contributed by atoms with Gasteiger partial charge in [0.25, 0.3) is 0 Å². The van der Waals surface area contributed by atoms with Gasteiger partial charge in [-0.1, -0.05) is 18.0 Å². The van der Waals surface area contributed by atoms with Crippen molar-refractivity contribution in [2.75, 3.05) is 18.4 Å². The Balaban J connectivity index is 1.71. The third-order valence-electron chi connectivity index (χ3n) is 5.44. The highest BCUT2D eigenvalue weighted by Crippen LogP contribution is 2.49. The fraction of sp³-hybridized carbons (Fsp3) is 0.529. The van der Waals surface area contributed by atoms with Crippen molar-refractivity contribution in [2.24, 2.45) is 11.3 Å². The van der Waals surface area contributed by atoms with E-state index >= 15 is 0 Å². The van der Waals surface area contributed by atoms with Gasteiger partial charge in [-0.15, -0.1) is 0 Å². The van der Waals surface area contributed by atoms with Gasteiger partial charge in [0.1, 0.15) is 5.82 Å². The molecule has 3 atom stereocenters. The lowest BCUT2D eigenvalue weighted by atomic mass is 9.81. The molecule has 2 aliphatic rings. The molecule has 1 aromatic carbocycles. The van der Waals surface area contributed by atoms with Gasteiger partial charge in [0, 0.05) is 18.1 Å². The average Bonchev–Trinajstić information content (AvgIpc) is 3.08. The zero-order valence-corrected chi connectivity index (χ0v) is 14.1. The summed E-state index contributed by atoms with van der Waals surface area (Å²) in [7, 11) is 0. The number of hydrogen-bond donors (Lipinski definition) is 2. The maximum Gasteiger partial charge on any atom is 0.311 e. The van der Waals surface area contributed by atoms with Crippen LogP contribution in [0.15, 0.2) is 18.2 Å². The van der Waals surface area contributed by atoms with Crippen LogP contribution in [-0.4, -0.2) is 41.0 Å². The molecule has 0 spiro atoms. The van der Waals surface area contributed by atoms with E-state index in [4.69, 9.17) is 11.6 Å². The predicted octanol–water partition coefficient (Wildman–Crippen LogP) is 2.99. The number of likely N-dealkylation sites (tertiary alicyclic amines) is 1. The van der Waals surface area contributed by atoms with Crippen LogP contribution in [0.4, 0.5) is 10.1 Å². The second-order valence-corrected chi connectivity index (χ2v) is 7.21. The summed E-state index contributed by atoms with van der Waals surface area (Å²) in [6.45, 7) is 2.66. The molecule has 1 saturated heterocycles. The first kappa shape index (κ1) is 17.2. The number of anilines is 1. The van der Waals surface area contributed by atoms with Crippen molar-refractivity contribution < 1.29 is 19.1 Å². The molecule has 5 nitrogen and oxygen atoms in total. The summed E-state index contributed by atoms with van der Waals surface area (Å²) in [5.74, 6) is -1.62. The zero-order valence-electron chi connectivity index (χ0n) is 13.4. The molecule has 3 rings (SSSR count). The standard InChI is InChI=1S/C17H20ClFN2O3/c1-10(15(22)20-14-7-12(18)4-5-13(14)19)21-8-11-3-2-6-17(11,9-21)16(23)24/h4-5,7,10-11H,2-3,6,8-9H2,1H3,(H,20,22)(H,23,24)/t10?,11-,17+/m0/s1. The van der Waals surface area contributed by atoms with Gasteiger partial charge in [-0.2, -0.15) is 0 Å². The molecule has 24 heavy (non-hydrogen) atoms. The Bertz CT molecular complexity index is 684. The summed E-state index contributed by atoms with van der Waals surface area (Å²) >= 11 is 5.83. The molecule has 0 bridgehead atoms. The van der Waals surface area contributed by atoms with E-state index in [0.29, 0.717) is 24.5 Å². The van der Waals surface area contributed by atoms with E-state index in [1.165, 1.54) is 18.2 Å². The van der Waals surface area contributed by atoms with Crippen LogP contribution in [-0.2, 0) is 9.59 Å². The van der Waals surface area contributed by atoms with Crippen molar-refractivity contribution in [3.05, 3.63) is 29.0 Å². The lowest BCUT2D eigenvalue weighted by molar-refractivity contribution is -0.149. The van der Waals surface area contributed by atoms with Crippen LogP contribution in [0.1, 0.15) is 26.2 Å². The maximum absolute atomic E-state index is 13.8. The SMILES string of the molecule is CC(C(=O)Nc1cc(Cl)ccc1F)N1C[C@@H]2CCC[C@@]2(C(=O)O)C1. The van der Waals surface area contributed by atoms with E-state index in [1.54, 1.807) is 6.92 Å². The Labute approximate surface area is 144 Å². The number of carbonyl (C=O) groups excluding carboxylic acids is 1. The number of amides is 1. The highest BCUT2D eigenvalue weighted by atomic mass is 35.5. The largest absolute Gasteiger partial charge is 0.481 e. The Hall–Kier alpha value is -1.66. The van der Waals surface area contributed by atoms with Crippen molar-refractivity contribution in [3.8, 4) is 0 Å². The number of benzene rings is 1. The third kappa shape index (κ3) is 2.89. The molecule has 1 aliphatic heterocycles.